The molecule has 0 unspecified atom stereocenters. The van der Waals surface area contributed by atoms with E-state index in [-0.39, 0.29) is 10.8 Å². The van der Waals surface area contributed by atoms with Crippen LogP contribution in [0.15, 0.2) is 48.5 Å². The average molecular weight is 280 g/mol. The second-order valence-electron chi connectivity index (χ2n) is 7.71. The highest BCUT2D eigenvalue weighted by Crippen LogP contribution is 2.27. The van der Waals surface area contributed by atoms with Gasteiger partial charge in [0.25, 0.3) is 0 Å². The minimum atomic E-state index is 0.187. The van der Waals surface area contributed by atoms with Crippen molar-refractivity contribution in [2.24, 2.45) is 0 Å². The first kappa shape index (κ1) is 15.6. The van der Waals surface area contributed by atoms with Gasteiger partial charge in [0.1, 0.15) is 0 Å². The summed E-state index contributed by atoms with van der Waals surface area (Å²) in [5.74, 6) is 0. The molecule has 0 spiro atoms. The van der Waals surface area contributed by atoms with E-state index in [2.05, 4.69) is 95.4 Å². The van der Waals surface area contributed by atoms with Crippen LogP contribution in [0.5, 0.6) is 0 Å². The molecule has 0 aliphatic carbocycles. The average Bonchev–Trinajstić information content (AvgIpc) is 2.38. The van der Waals surface area contributed by atoms with Gasteiger partial charge in [-0.3, -0.25) is 0 Å². The topological polar surface area (TPSA) is 14.1 Å². The lowest BCUT2D eigenvalue weighted by Crippen LogP contribution is -2.11. The highest BCUT2D eigenvalue weighted by atomic mass is 14.9. The summed E-state index contributed by atoms with van der Waals surface area (Å²) in [7, 11) is 0. The second-order valence-corrected chi connectivity index (χ2v) is 7.71. The van der Waals surface area contributed by atoms with E-state index in [0.29, 0.717) is 0 Å². The highest BCUT2D eigenvalue weighted by molar-refractivity contribution is 5.50. The van der Waals surface area contributed by atoms with Crippen molar-refractivity contribution in [2.75, 3.05) is 0 Å². The molecule has 0 saturated carbocycles. The minimum absolute atomic E-state index is 0.187. The lowest BCUT2D eigenvalue weighted by Gasteiger charge is -2.20. The van der Waals surface area contributed by atoms with E-state index < -0.39 is 0 Å². The molecule has 0 aliphatic heterocycles. The Morgan fingerprint density at radius 1 is 0.524 bits per heavy atom. The largest absolute Gasteiger partial charge is 0.249 e. The van der Waals surface area contributed by atoms with Crippen molar-refractivity contribution in [3.63, 3.8) is 0 Å². The van der Waals surface area contributed by atoms with Gasteiger partial charge in [0.15, 0.2) is 0 Å². The Balaban J connectivity index is 2.12. The van der Waals surface area contributed by atoms with Gasteiger partial charge in [-0.25, -0.2) is 5.32 Å². The predicted octanol–water partition coefficient (Wildman–Crippen LogP) is 5.85. The molecule has 2 aromatic rings. The van der Waals surface area contributed by atoms with E-state index in [9.17, 15) is 0 Å². The molecule has 0 bridgehead atoms. The first-order valence-corrected chi connectivity index (χ1v) is 7.59. The third kappa shape index (κ3) is 4.10. The van der Waals surface area contributed by atoms with Crippen LogP contribution in [0.4, 0.5) is 11.4 Å². The van der Waals surface area contributed by atoms with Gasteiger partial charge >= 0.3 is 0 Å². The normalized spacial score (nSPS) is 12.3. The van der Waals surface area contributed by atoms with Gasteiger partial charge in [-0.2, -0.15) is 0 Å². The lowest BCUT2D eigenvalue weighted by atomic mass is 9.87. The van der Waals surface area contributed by atoms with Crippen LogP contribution in [-0.2, 0) is 10.8 Å². The smallest absolute Gasteiger partial charge is 0.0637 e. The zero-order valence-electron chi connectivity index (χ0n) is 14.1. The van der Waals surface area contributed by atoms with E-state index in [4.69, 9.17) is 0 Å². The summed E-state index contributed by atoms with van der Waals surface area (Å²) in [6.45, 7) is 13.4. The van der Waals surface area contributed by atoms with Crippen LogP contribution in [0.2, 0.25) is 0 Å². The molecule has 0 saturated heterocycles. The van der Waals surface area contributed by atoms with Crippen LogP contribution in [0.25, 0.3) is 0 Å². The van der Waals surface area contributed by atoms with Gasteiger partial charge in [-0.1, -0.05) is 65.8 Å². The van der Waals surface area contributed by atoms with Crippen LogP contribution in [-0.4, -0.2) is 0 Å². The van der Waals surface area contributed by atoms with Crippen LogP contribution in [0.3, 0.4) is 0 Å². The Labute approximate surface area is 129 Å². The van der Waals surface area contributed by atoms with Crippen molar-refractivity contribution in [1.82, 2.24) is 5.32 Å². The molecule has 111 valence electrons. The zero-order valence-corrected chi connectivity index (χ0v) is 14.1. The number of hydrogen-bond acceptors (Lipinski definition) is 0. The molecular weight excluding hydrogens is 254 g/mol. The predicted molar refractivity (Wildman–Crippen MR) is 91.7 cm³/mol. The number of nitrogens with zero attached hydrogens (tertiary/aromatic N) is 1. The molecule has 0 amide bonds. The summed E-state index contributed by atoms with van der Waals surface area (Å²) in [6.07, 6.45) is 0. The van der Waals surface area contributed by atoms with Gasteiger partial charge in [-0.05, 0) is 46.2 Å². The maximum Gasteiger partial charge on any atom is 0.0637 e. The Kier molecular flexibility index (Phi) is 4.13. The molecule has 0 fully saturated rings. The summed E-state index contributed by atoms with van der Waals surface area (Å²) < 4.78 is 0. The summed E-state index contributed by atoms with van der Waals surface area (Å²) >= 11 is 0. The Morgan fingerprint density at radius 3 is 1.05 bits per heavy atom. The van der Waals surface area contributed by atoms with Crippen molar-refractivity contribution in [1.29, 1.82) is 0 Å². The maximum absolute atomic E-state index is 4.69. The fourth-order valence-electron chi connectivity index (χ4n) is 2.22. The Hall–Kier alpha value is -1.76. The molecule has 21 heavy (non-hydrogen) atoms. The molecule has 1 radical (unpaired) electrons. The third-order valence-corrected chi connectivity index (χ3v) is 3.72. The van der Waals surface area contributed by atoms with Gasteiger partial charge in [0.2, 0.25) is 0 Å². The second kappa shape index (κ2) is 5.55. The first-order chi connectivity index (χ1) is 9.66. The Morgan fingerprint density at radius 2 is 0.810 bits per heavy atom. The van der Waals surface area contributed by atoms with Crippen LogP contribution >= 0.6 is 0 Å². The lowest BCUT2D eigenvalue weighted by molar-refractivity contribution is 0.590. The van der Waals surface area contributed by atoms with Crippen LogP contribution < -0.4 is 5.32 Å². The number of hydrogen-bond donors (Lipinski definition) is 0. The molecule has 2 rings (SSSR count). The van der Waals surface area contributed by atoms with Crippen LogP contribution in [0, 0.1) is 0 Å². The quantitative estimate of drug-likeness (QED) is 0.655. The molecule has 2 aromatic carbocycles. The van der Waals surface area contributed by atoms with E-state index in [0.717, 1.165) is 11.4 Å². The highest BCUT2D eigenvalue weighted by Gasteiger charge is 2.14. The van der Waals surface area contributed by atoms with E-state index in [1.54, 1.807) is 0 Å². The van der Waals surface area contributed by atoms with Gasteiger partial charge in [0.05, 0.1) is 11.4 Å². The molecular formula is C20H26N. The van der Waals surface area contributed by atoms with E-state index >= 15 is 0 Å². The molecule has 0 aliphatic rings. The minimum Gasteiger partial charge on any atom is -0.249 e. The molecule has 0 heterocycles. The van der Waals surface area contributed by atoms with Crippen molar-refractivity contribution >= 4 is 11.4 Å². The number of benzene rings is 2. The summed E-state index contributed by atoms with van der Waals surface area (Å²) in [6, 6.07) is 17.1. The number of rotatable bonds is 2. The van der Waals surface area contributed by atoms with E-state index in [1.165, 1.54) is 11.1 Å². The molecule has 0 aromatic heterocycles. The van der Waals surface area contributed by atoms with Crippen molar-refractivity contribution in [2.45, 2.75) is 52.4 Å². The van der Waals surface area contributed by atoms with Crippen molar-refractivity contribution < 1.29 is 0 Å². The standard InChI is InChI=1S/C20H26N/c1-19(2,3)15-7-11-17(12-8-15)21-18-13-9-16(10-14-18)20(4,5)6/h7-14H,1-6H3. The summed E-state index contributed by atoms with van der Waals surface area (Å²) in [5, 5.41) is 4.69. The monoisotopic (exact) mass is 280 g/mol. The first-order valence-electron chi connectivity index (χ1n) is 7.59. The van der Waals surface area contributed by atoms with Gasteiger partial charge < -0.3 is 0 Å². The van der Waals surface area contributed by atoms with Crippen molar-refractivity contribution in [3.05, 3.63) is 59.7 Å². The van der Waals surface area contributed by atoms with E-state index in [1.807, 2.05) is 0 Å². The summed E-state index contributed by atoms with van der Waals surface area (Å²) in [4.78, 5) is 0. The maximum atomic E-state index is 4.69. The van der Waals surface area contributed by atoms with Gasteiger partial charge in [0, 0.05) is 0 Å². The fourth-order valence-corrected chi connectivity index (χ4v) is 2.22. The summed E-state index contributed by atoms with van der Waals surface area (Å²) in [5.41, 5.74) is 5.06. The zero-order chi connectivity index (χ0) is 15.7. The third-order valence-electron chi connectivity index (χ3n) is 3.72. The molecule has 0 N–H and O–H groups in total. The Bertz CT molecular complexity index is 522. The SMILES string of the molecule is CC(C)(C)c1ccc([N]c2ccc(C(C)(C)C)cc2)cc1. The van der Waals surface area contributed by atoms with Gasteiger partial charge in [-0.15, -0.1) is 0 Å². The molecule has 0 atom stereocenters. The molecule has 1 nitrogen and oxygen atoms in total. The molecule has 1 heteroatoms. The fraction of sp³-hybridized carbons (Fsp3) is 0.400. The van der Waals surface area contributed by atoms with Crippen molar-refractivity contribution in [3.8, 4) is 0 Å². The van der Waals surface area contributed by atoms with Crippen LogP contribution in [0.1, 0.15) is 52.7 Å².